The fourth-order valence-electron chi connectivity index (χ4n) is 1.52. The summed E-state index contributed by atoms with van der Waals surface area (Å²) in [6.45, 7) is 2.30. The van der Waals surface area contributed by atoms with Crippen LogP contribution in [0.4, 0.5) is 4.39 Å². The number of rotatable bonds is 3. The van der Waals surface area contributed by atoms with E-state index < -0.39 is 5.95 Å². The topological polar surface area (TPSA) is 46.1 Å². The third-order valence-corrected chi connectivity index (χ3v) is 3.17. The molecule has 94 valence electrons. The lowest BCUT2D eigenvalue weighted by Gasteiger charge is -2.15. The van der Waals surface area contributed by atoms with Crippen molar-refractivity contribution in [3.05, 3.63) is 45.9 Å². The Morgan fingerprint density at radius 3 is 2.83 bits per heavy atom. The number of thiazole rings is 1. The van der Waals surface area contributed by atoms with Gasteiger partial charge in [-0.25, -0.2) is 9.97 Å². The zero-order valence-corrected chi connectivity index (χ0v) is 10.9. The molecular formula is C12H12FN3OS. The highest BCUT2D eigenvalue weighted by molar-refractivity contribution is 7.09. The average Bonchev–Trinajstić information content (AvgIpc) is 2.73. The number of aromatic nitrogens is 2. The minimum Gasteiger partial charge on any atom is -0.334 e. The predicted molar refractivity (Wildman–Crippen MR) is 66.8 cm³/mol. The molecule has 2 aromatic heterocycles. The van der Waals surface area contributed by atoms with Crippen molar-refractivity contribution in [3.63, 3.8) is 0 Å². The summed E-state index contributed by atoms with van der Waals surface area (Å²) in [5.41, 5.74) is 0.925. The van der Waals surface area contributed by atoms with Gasteiger partial charge in [-0.2, -0.15) is 4.39 Å². The van der Waals surface area contributed by atoms with Crippen LogP contribution >= 0.6 is 11.3 Å². The largest absolute Gasteiger partial charge is 0.334 e. The number of carbonyl (C=O) groups is 1. The van der Waals surface area contributed by atoms with Crippen molar-refractivity contribution in [2.24, 2.45) is 0 Å². The lowest BCUT2D eigenvalue weighted by atomic mass is 10.3. The summed E-state index contributed by atoms with van der Waals surface area (Å²) >= 11 is 1.53. The normalized spacial score (nSPS) is 10.4. The van der Waals surface area contributed by atoms with Crippen molar-refractivity contribution >= 4 is 17.2 Å². The molecule has 0 saturated heterocycles. The fraction of sp³-hybridized carbons (Fsp3) is 0.250. The van der Waals surface area contributed by atoms with E-state index in [4.69, 9.17) is 0 Å². The van der Waals surface area contributed by atoms with Gasteiger partial charge in [-0.3, -0.25) is 4.79 Å². The maximum Gasteiger partial charge on any atom is 0.272 e. The Morgan fingerprint density at radius 2 is 2.22 bits per heavy atom. The number of aryl methyl sites for hydroxylation is 1. The smallest absolute Gasteiger partial charge is 0.272 e. The first-order valence-corrected chi connectivity index (χ1v) is 6.23. The van der Waals surface area contributed by atoms with Gasteiger partial charge in [0.1, 0.15) is 5.69 Å². The molecule has 18 heavy (non-hydrogen) atoms. The molecular weight excluding hydrogens is 253 g/mol. The van der Waals surface area contributed by atoms with E-state index >= 15 is 0 Å². The molecule has 0 aliphatic rings. The quantitative estimate of drug-likeness (QED) is 0.800. The van der Waals surface area contributed by atoms with Gasteiger partial charge in [0.25, 0.3) is 5.91 Å². The Hall–Kier alpha value is -1.82. The van der Waals surface area contributed by atoms with Crippen LogP contribution in [-0.4, -0.2) is 27.8 Å². The summed E-state index contributed by atoms with van der Waals surface area (Å²) in [6.07, 6.45) is 0. The molecule has 4 nitrogen and oxygen atoms in total. The summed E-state index contributed by atoms with van der Waals surface area (Å²) in [5.74, 6) is -0.973. The molecule has 0 N–H and O–H groups in total. The number of hydrogen-bond donors (Lipinski definition) is 0. The van der Waals surface area contributed by atoms with Crippen molar-refractivity contribution in [2.75, 3.05) is 7.05 Å². The highest BCUT2D eigenvalue weighted by Gasteiger charge is 2.14. The molecule has 0 atom stereocenters. The molecule has 0 aliphatic carbocycles. The van der Waals surface area contributed by atoms with Gasteiger partial charge in [0.2, 0.25) is 5.95 Å². The van der Waals surface area contributed by atoms with E-state index in [0.29, 0.717) is 6.54 Å². The van der Waals surface area contributed by atoms with Crippen molar-refractivity contribution < 1.29 is 9.18 Å². The number of carbonyl (C=O) groups excluding carboxylic acids is 1. The van der Waals surface area contributed by atoms with Gasteiger partial charge in [-0.1, -0.05) is 6.07 Å². The molecule has 0 radical (unpaired) electrons. The van der Waals surface area contributed by atoms with E-state index in [9.17, 15) is 9.18 Å². The third-order valence-electron chi connectivity index (χ3n) is 2.35. The molecule has 0 fully saturated rings. The first-order chi connectivity index (χ1) is 8.56. The maximum absolute atomic E-state index is 12.9. The van der Waals surface area contributed by atoms with Gasteiger partial charge in [0.15, 0.2) is 0 Å². The van der Waals surface area contributed by atoms with Crippen LogP contribution in [0.15, 0.2) is 23.6 Å². The summed E-state index contributed by atoms with van der Waals surface area (Å²) in [4.78, 5) is 21.3. The summed E-state index contributed by atoms with van der Waals surface area (Å²) < 4.78 is 12.9. The lowest BCUT2D eigenvalue weighted by Crippen LogP contribution is -2.27. The van der Waals surface area contributed by atoms with Crippen LogP contribution in [0.25, 0.3) is 0 Å². The van der Waals surface area contributed by atoms with Gasteiger partial charge < -0.3 is 4.90 Å². The molecule has 0 aliphatic heterocycles. The Morgan fingerprint density at radius 1 is 1.44 bits per heavy atom. The van der Waals surface area contributed by atoms with Crippen molar-refractivity contribution in [3.8, 4) is 0 Å². The Kier molecular flexibility index (Phi) is 3.66. The number of amides is 1. The average molecular weight is 265 g/mol. The zero-order chi connectivity index (χ0) is 13.1. The molecule has 0 saturated carbocycles. The van der Waals surface area contributed by atoms with E-state index in [1.807, 2.05) is 12.3 Å². The summed E-state index contributed by atoms with van der Waals surface area (Å²) in [7, 11) is 1.64. The van der Waals surface area contributed by atoms with Crippen molar-refractivity contribution in [1.29, 1.82) is 0 Å². The zero-order valence-electron chi connectivity index (χ0n) is 10.1. The summed E-state index contributed by atoms with van der Waals surface area (Å²) in [5, 5.41) is 2.85. The minimum atomic E-state index is -0.654. The number of pyridine rings is 1. The molecule has 0 unspecified atom stereocenters. The van der Waals surface area contributed by atoms with Crippen LogP contribution in [0, 0.1) is 12.9 Å². The molecule has 1 amide bonds. The van der Waals surface area contributed by atoms with Crippen LogP contribution in [0.3, 0.4) is 0 Å². The van der Waals surface area contributed by atoms with Gasteiger partial charge in [0, 0.05) is 12.4 Å². The van der Waals surface area contributed by atoms with Crippen LogP contribution in [0.5, 0.6) is 0 Å². The lowest BCUT2D eigenvalue weighted by molar-refractivity contribution is 0.0776. The van der Waals surface area contributed by atoms with E-state index in [1.54, 1.807) is 7.05 Å². The highest BCUT2D eigenvalue weighted by atomic mass is 32.1. The van der Waals surface area contributed by atoms with Crippen LogP contribution in [0.1, 0.15) is 21.2 Å². The monoisotopic (exact) mass is 265 g/mol. The second-order valence-electron chi connectivity index (χ2n) is 3.86. The first kappa shape index (κ1) is 12.6. The molecule has 2 aromatic rings. The van der Waals surface area contributed by atoms with Crippen LogP contribution < -0.4 is 0 Å². The maximum atomic E-state index is 12.9. The second kappa shape index (κ2) is 5.22. The first-order valence-electron chi connectivity index (χ1n) is 5.35. The van der Waals surface area contributed by atoms with Gasteiger partial charge in [-0.05, 0) is 19.1 Å². The van der Waals surface area contributed by atoms with Crippen molar-refractivity contribution in [1.82, 2.24) is 14.9 Å². The molecule has 6 heteroatoms. The molecule has 0 spiro atoms. The Bertz CT molecular complexity index is 570. The molecule has 2 rings (SSSR count). The molecule has 0 bridgehead atoms. The SMILES string of the molecule is Cc1nc(CN(C)C(=O)c2cccc(F)n2)cs1. The van der Waals surface area contributed by atoms with Gasteiger partial charge in [-0.15, -0.1) is 11.3 Å². The third kappa shape index (κ3) is 2.89. The van der Waals surface area contributed by atoms with Gasteiger partial charge >= 0.3 is 0 Å². The Balaban J connectivity index is 2.09. The highest BCUT2D eigenvalue weighted by Crippen LogP contribution is 2.11. The van der Waals surface area contributed by atoms with E-state index in [2.05, 4.69) is 9.97 Å². The number of halogens is 1. The van der Waals surface area contributed by atoms with Crippen LogP contribution in [-0.2, 0) is 6.54 Å². The number of nitrogens with zero attached hydrogens (tertiary/aromatic N) is 3. The second-order valence-corrected chi connectivity index (χ2v) is 4.93. The number of hydrogen-bond acceptors (Lipinski definition) is 4. The van der Waals surface area contributed by atoms with E-state index in [-0.39, 0.29) is 11.6 Å². The standard InChI is InChI=1S/C12H12FN3OS/c1-8-14-9(7-18-8)6-16(2)12(17)10-4-3-5-11(13)15-10/h3-5,7H,6H2,1-2H3. The van der Waals surface area contributed by atoms with Crippen LogP contribution in [0.2, 0.25) is 0 Å². The predicted octanol–water partition coefficient (Wildman–Crippen LogP) is 2.26. The van der Waals surface area contributed by atoms with Crippen molar-refractivity contribution in [2.45, 2.75) is 13.5 Å². The van der Waals surface area contributed by atoms with E-state index in [0.717, 1.165) is 10.7 Å². The fourth-order valence-corrected chi connectivity index (χ4v) is 2.12. The molecule has 2 heterocycles. The minimum absolute atomic E-state index is 0.101. The Labute approximate surface area is 108 Å². The molecule has 0 aromatic carbocycles. The van der Waals surface area contributed by atoms with E-state index in [1.165, 1.54) is 34.4 Å². The van der Waals surface area contributed by atoms with Gasteiger partial charge in [0.05, 0.1) is 17.2 Å². The summed E-state index contributed by atoms with van der Waals surface area (Å²) in [6, 6.07) is 4.17.